The van der Waals surface area contributed by atoms with Gasteiger partial charge in [0.05, 0.1) is 33.3 Å². The molecule has 2 aromatic rings. The molecule has 24 heavy (non-hydrogen) atoms. The van der Waals surface area contributed by atoms with Crippen LogP contribution in [0.1, 0.15) is 11.4 Å². The molecule has 9 nitrogen and oxygen atoms in total. The summed E-state index contributed by atoms with van der Waals surface area (Å²) in [6.45, 7) is 1.84. The number of hydrogen-bond acceptors (Lipinski definition) is 7. The van der Waals surface area contributed by atoms with Gasteiger partial charge in [-0.25, -0.2) is 9.78 Å². The number of nitrogens with zero attached hydrogens (tertiary/aromatic N) is 3. The minimum atomic E-state index is -1.16. The van der Waals surface area contributed by atoms with Crippen molar-refractivity contribution in [2.24, 2.45) is 0 Å². The molecule has 0 saturated carbocycles. The van der Waals surface area contributed by atoms with E-state index in [1.54, 1.807) is 11.0 Å². The molecule has 0 aliphatic carbocycles. The summed E-state index contributed by atoms with van der Waals surface area (Å²) in [4.78, 5) is 28.0. The first-order chi connectivity index (χ1) is 11.4. The van der Waals surface area contributed by atoms with Crippen molar-refractivity contribution >= 4 is 39.0 Å². The SMILES string of the molecule is Cc1nc2c(N3C[C@H](NC(=O)O)C[C@H]3CO)c([N+](=O)[O-])ccc2s1. The quantitative estimate of drug-likeness (QED) is 0.564. The maximum absolute atomic E-state index is 11.5. The van der Waals surface area contributed by atoms with Crippen molar-refractivity contribution < 1.29 is 19.9 Å². The summed E-state index contributed by atoms with van der Waals surface area (Å²) in [5.74, 6) is 0. The van der Waals surface area contributed by atoms with Gasteiger partial charge in [0.25, 0.3) is 5.69 Å². The summed E-state index contributed by atoms with van der Waals surface area (Å²) in [5.41, 5.74) is 0.763. The van der Waals surface area contributed by atoms with Crippen molar-refractivity contribution in [3.8, 4) is 0 Å². The van der Waals surface area contributed by atoms with E-state index in [4.69, 9.17) is 5.11 Å². The van der Waals surface area contributed by atoms with Gasteiger partial charge in [-0.1, -0.05) is 0 Å². The number of benzene rings is 1. The van der Waals surface area contributed by atoms with E-state index >= 15 is 0 Å². The number of thiazole rings is 1. The molecule has 10 heteroatoms. The van der Waals surface area contributed by atoms with Crippen LogP contribution in [0.15, 0.2) is 12.1 Å². The second kappa shape index (κ2) is 6.21. The second-order valence-electron chi connectivity index (χ2n) is 5.64. The van der Waals surface area contributed by atoms with Gasteiger partial charge < -0.3 is 20.4 Å². The molecule has 0 bridgehead atoms. The van der Waals surface area contributed by atoms with Gasteiger partial charge in [0, 0.05) is 12.6 Å². The molecule has 1 aromatic heterocycles. The van der Waals surface area contributed by atoms with E-state index in [1.807, 2.05) is 6.92 Å². The first kappa shape index (κ1) is 16.4. The van der Waals surface area contributed by atoms with Crippen LogP contribution in [0.25, 0.3) is 10.2 Å². The Morgan fingerprint density at radius 3 is 2.96 bits per heavy atom. The fourth-order valence-electron chi connectivity index (χ4n) is 3.15. The molecule has 1 amide bonds. The highest BCUT2D eigenvalue weighted by molar-refractivity contribution is 7.18. The maximum Gasteiger partial charge on any atom is 0.404 e. The minimum absolute atomic E-state index is 0.0952. The van der Waals surface area contributed by atoms with Crippen LogP contribution < -0.4 is 10.2 Å². The van der Waals surface area contributed by atoms with E-state index in [2.05, 4.69) is 10.3 Å². The molecule has 1 aromatic carbocycles. The number of amides is 1. The maximum atomic E-state index is 11.5. The van der Waals surface area contributed by atoms with E-state index < -0.39 is 23.1 Å². The van der Waals surface area contributed by atoms with Crippen molar-refractivity contribution in [3.63, 3.8) is 0 Å². The third-order valence-corrected chi connectivity index (χ3v) is 4.99. The van der Waals surface area contributed by atoms with Crippen LogP contribution in [0.2, 0.25) is 0 Å². The van der Waals surface area contributed by atoms with Crippen LogP contribution in [0.3, 0.4) is 0 Å². The highest BCUT2D eigenvalue weighted by atomic mass is 32.1. The third-order valence-electron chi connectivity index (χ3n) is 4.06. The van der Waals surface area contributed by atoms with E-state index in [9.17, 15) is 20.0 Å². The molecule has 3 N–H and O–H groups in total. The van der Waals surface area contributed by atoms with Crippen molar-refractivity contribution in [2.75, 3.05) is 18.1 Å². The van der Waals surface area contributed by atoms with Gasteiger partial charge in [-0.2, -0.15) is 0 Å². The molecular formula is C14H16N4O5S. The van der Waals surface area contributed by atoms with Crippen LogP contribution in [0.5, 0.6) is 0 Å². The summed E-state index contributed by atoms with van der Waals surface area (Å²) < 4.78 is 0.819. The van der Waals surface area contributed by atoms with Gasteiger partial charge in [0.1, 0.15) is 11.2 Å². The predicted molar refractivity (Wildman–Crippen MR) is 88.8 cm³/mol. The van der Waals surface area contributed by atoms with E-state index in [-0.39, 0.29) is 18.8 Å². The fourth-order valence-corrected chi connectivity index (χ4v) is 3.98. The summed E-state index contributed by atoms with van der Waals surface area (Å²) in [6.07, 6.45) is -0.782. The average molecular weight is 352 g/mol. The zero-order valence-corrected chi connectivity index (χ0v) is 13.6. The Bertz CT molecular complexity index is 808. The summed E-state index contributed by atoms with van der Waals surface area (Å²) in [6, 6.07) is 2.28. The van der Waals surface area contributed by atoms with Crippen LogP contribution in [-0.2, 0) is 0 Å². The molecule has 1 fully saturated rings. The number of aliphatic hydroxyl groups excluding tert-OH is 1. The Morgan fingerprint density at radius 2 is 2.33 bits per heavy atom. The number of carbonyl (C=O) groups is 1. The number of nitrogens with one attached hydrogen (secondary N) is 1. The van der Waals surface area contributed by atoms with Gasteiger partial charge in [-0.3, -0.25) is 10.1 Å². The molecule has 1 aliphatic heterocycles. The number of hydrogen-bond donors (Lipinski definition) is 3. The molecular weight excluding hydrogens is 336 g/mol. The Balaban J connectivity index is 2.10. The number of nitro benzene ring substituents is 1. The average Bonchev–Trinajstić information content (AvgIpc) is 3.07. The van der Waals surface area contributed by atoms with Gasteiger partial charge in [0.15, 0.2) is 0 Å². The van der Waals surface area contributed by atoms with Gasteiger partial charge >= 0.3 is 6.09 Å². The third kappa shape index (κ3) is 2.85. The lowest BCUT2D eigenvalue weighted by Crippen LogP contribution is -2.36. The largest absolute Gasteiger partial charge is 0.465 e. The molecule has 0 radical (unpaired) electrons. The van der Waals surface area contributed by atoms with Crippen LogP contribution in [-0.4, -0.2) is 51.4 Å². The molecule has 2 heterocycles. The first-order valence-electron chi connectivity index (χ1n) is 7.32. The number of rotatable bonds is 4. The smallest absolute Gasteiger partial charge is 0.404 e. The highest BCUT2D eigenvalue weighted by Gasteiger charge is 2.37. The lowest BCUT2D eigenvalue weighted by atomic mass is 10.1. The normalized spacial score (nSPS) is 20.5. The Labute approximate surface area is 140 Å². The lowest BCUT2D eigenvalue weighted by molar-refractivity contribution is -0.384. The van der Waals surface area contributed by atoms with E-state index in [0.717, 1.165) is 9.71 Å². The molecule has 0 spiro atoms. The van der Waals surface area contributed by atoms with Crippen LogP contribution >= 0.6 is 11.3 Å². The number of aryl methyl sites for hydroxylation is 1. The lowest BCUT2D eigenvalue weighted by Gasteiger charge is -2.25. The summed E-state index contributed by atoms with van der Waals surface area (Å²) >= 11 is 1.43. The second-order valence-corrected chi connectivity index (χ2v) is 6.88. The van der Waals surface area contributed by atoms with Crippen LogP contribution in [0, 0.1) is 17.0 Å². The highest BCUT2D eigenvalue weighted by Crippen LogP contribution is 2.41. The topological polar surface area (TPSA) is 129 Å². The molecule has 128 valence electrons. The molecule has 1 aliphatic rings. The Hall–Kier alpha value is -2.46. The van der Waals surface area contributed by atoms with Crippen molar-refractivity contribution in [1.29, 1.82) is 0 Å². The minimum Gasteiger partial charge on any atom is -0.465 e. The number of aliphatic hydroxyl groups is 1. The van der Waals surface area contributed by atoms with Gasteiger partial charge in [-0.05, 0) is 19.4 Å². The first-order valence-corrected chi connectivity index (χ1v) is 8.14. The number of anilines is 1. The molecule has 0 unspecified atom stereocenters. The van der Waals surface area contributed by atoms with Crippen molar-refractivity contribution in [2.45, 2.75) is 25.4 Å². The predicted octanol–water partition coefficient (Wildman–Crippen LogP) is 1.72. The Morgan fingerprint density at radius 1 is 1.58 bits per heavy atom. The zero-order chi connectivity index (χ0) is 17.4. The monoisotopic (exact) mass is 352 g/mol. The number of carboxylic acid groups (broad SMARTS) is 1. The van der Waals surface area contributed by atoms with Crippen LogP contribution in [0.4, 0.5) is 16.2 Å². The number of fused-ring (bicyclic) bond motifs is 1. The van der Waals surface area contributed by atoms with Crippen molar-refractivity contribution in [1.82, 2.24) is 10.3 Å². The molecule has 1 saturated heterocycles. The van der Waals surface area contributed by atoms with E-state index in [0.29, 0.717) is 17.6 Å². The molecule has 3 rings (SSSR count). The van der Waals surface area contributed by atoms with Gasteiger partial charge in [0.2, 0.25) is 0 Å². The van der Waals surface area contributed by atoms with E-state index in [1.165, 1.54) is 17.4 Å². The Kier molecular flexibility index (Phi) is 4.24. The number of nitro groups is 1. The summed E-state index contributed by atoms with van der Waals surface area (Å²) in [5, 5.41) is 33.2. The summed E-state index contributed by atoms with van der Waals surface area (Å²) in [7, 11) is 0. The van der Waals surface area contributed by atoms with Gasteiger partial charge in [-0.15, -0.1) is 11.3 Å². The zero-order valence-electron chi connectivity index (χ0n) is 12.8. The molecule has 2 atom stereocenters. The standard InChI is InChI=1S/C14H16N4O5S/c1-7-15-12-11(24-7)3-2-10(18(22)23)13(12)17-5-8(16-14(20)21)4-9(17)6-19/h2-3,8-9,16,19H,4-6H2,1H3,(H,20,21)/t8-,9+/m1/s1. The number of aromatic nitrogens is 1. The van der Waals surface area contributed by atoms with Crippen molar-refractivity contribution in [3.05, 3.63) is 27.3 Å². The fraction of sp³-hybridized carbons (Fsp3) is 0.429.